The van der Waals surface area contributed by atoms with Crippen molar-refractivity contribution in [2.24, 2.45) is 11.3 Å². The number of hydrogen-bond donors (Lipinski definition) is 0. The van der Waals surface area contributed by atoms with E-state index in [0.29, 0.717) is 0 Å². The van der Waals surface area contributed by atoms with E-state index in [4.69, 9.17) is 4.74 Å². The molecule has 2 nitrogen and oxygen atoms in total. The van der Waals surface area contributed by atoms with Crippen molar-refractivity contribution in [1.82, 2.24) is 0 Å². The van der Waals surface area contributed by atoms with Crippen molar-refractivity contribution in [3.05, 3.63) is 0 Å². The Kier molecular flexibility index (Phi) is 4.53. The van der Waals surface area contributed by atoms with Crippen molar-refractivity contribution >= 4 is 5.78 Å². The quantitative estimate of drug-likeness (QED) is 0.700. The summed E-state index contributed by atoms with van der Waals surface area (Å²) in [4.78, 5) is 12.1. The Morgan fingerprint density at radius 2 is 1.40 bits per heavy atom. The van der Waals surface area contributed by atoms with Crippen molar-refractivity contribution in [2.75, 3.05) is 0 Å². The van der Waals surface area contributed by atoms with Gasteiger partial charge in [0.2, 0.25) is 0 Å². The summed E-state index contributed by atoms with van der Waals surface area (Å²) >= 11 is 0. The van der Waals surface area contributed by atoms with Crippen molar-refractivity contribution in [3.63, 3.8) is 0 Å². The Hall–Kier alpha value is -0.370. The summed E-state index contributed by atoms with van der Waals surface area (Å²) in [6.07, 6.45) is 0.138. The van der Waals surface area contributed by atoms with Crippen molar-refractivity contribution in [1.29, 1.82) is 0 Å². The molecule has 0 aliphatic heterocycles. The molecule has 15 heavy (non-hydrogen) atoms. The molecule has 90 valence electrons. The minimum absolute atomic E-state index is 0.0510. The highest BCUT2D eigenvalue weighted by molar-refractivity contribution is 5.86. The van der Waals surface area contributed by atoms with Crippen LogP contribution in [0.2, 0.25) is 0 Å². The maximum absolute atomic E-state index is 12.1. The summed E-state index contributed by atoms with van der Waals surface area (Å²) in [5, 5.41) is 0. The predicted octanol–water partition coefficient (Wildman–Crippen LogP) is 3.44. The van der Waals surface area contributed by atoms with Gasteiger partial charge >= 0.3 is 0 Å². The van der Waals surface area contributed by atoms with E-state index in [1.807, 2.05) is 55.4 Å². The fraction of sp³-hybridized carbons (Fsp3) is 0.923. The van der Waals surface area contributed by atoms with Crippen LogP contribution >= 0.6 is 0 Å². The topological polar surface area (TPSA) is 26.3 Å². The first-order valence-electron chi connectivity index (χ1n) is 5.74. The lowest BCUT2D eigenvalue weighted by atomic mass is 9.70. The molecule has 0 spiro atoms. The average Bonchev–Trinajstić information content (AvgIpc) is 1.99. The largest absolute Gasteiger partial charge is 0.372 e. The van der Waals surface area contributed by atoms with Crippen molar-refractivity contribution in [3.8, 4) is 0 Å². The first-order chi connectivity index (χ1) is 6.52. The second kappa shape index (κ2) is 4.65. The minimum Gasteiger partial charge on any atom is -0.372 e. The molecule has 0 saturated carbocycles. The molecule has 0 aromatic rings. The Labute approximate surface area is 94.4 Å². The fourth-order valence-corrected chi connectivity index (χ4v) is 1.75. The summed E-state index contributed by atoms with van der Waals surface area (Å²) in [6.45, 7) is 15.8. The van der Waals surface area contributed by atoms with Crippen LogP contribution in [0.3, 0.4) is 0 Å². The van der Waals surface area contributed by atoms with E-state index >= 15 is 0 Å². The van der Waals surface area contributed by atoms with E-state index in [0.717, 1.165) is 0 Å². The SMILES string of the molecule is CC(C)OC(C)(C)C(C)(C)C(=O)C(C)C. The molecule has 0 unspecified atom stereocenters. The van der Waals surface area contributed by atoms with Crippen LogP contribution in [0, 0.1) is 11.3 Å². The van der Waals surface area contributed by atoms with Crippen LogP contribution < -0.4 is 0 Å². The molecule has 0 heterocycles. The molecule has 0 rings (SSSR count). The van der Waals surface area contributed by atoms with Gasteiger partial charge < -0.3 is 4.74 Å². The zero-order chi connectivity index (χ0) is 12.4. The number of hydrogen-bond acceptors (Lipinski definition) is 2. The molecule has 0 saturated heterocycles. The highest BCUT2D eigenvalue weighted by Crippen LogP contribution is 2.37. The molecule has 0 aromatic carbocycles. The van der Waals surface area contributed by atoms with E-state index < -0.39 is 11.0 Å². The molecule has 0 fully saturated rings. The maximum atomic E-state index is 12.1. The third kappa shape index (κ3) is 3.30. The van der Waals surface area contributed by atoms with E-state index in [1.54, 1.807) is 0 Å². The summed E-state index contributed by atoms with van der Waals surface area (Å²) in [5.74, 6) is 0.309. The van der Waals surface area contributed by atoms with Crippen LogP contribution in [-0.4, -0.2) is 17.5 Å². The standard InChI is InChI=1S/C13H26O2/c1-9(2)11(14)12(5,6)13(7,8)15-10(3)4/h9-10H,1-8H3. The average molecular weight is 214 g/mol. The molecule has 0 aromatic heterocycles. The molecule has 0 N–H and O–H groups in total. The third-order valence-corrected chi connectivity index (χ3v) is 3.18. The minimum atomic E-state index is -0.453. The van der Waals surface area contributed by atoms with Gasteiger partial charge in [-0.2, -0.15) is 0 Å². The number of rotatable bonds is 5. The van der Waals surface area contributed by atoms with E-state index in [1.165, 1.54) is 0 Å². The Bertz CT molecular complexity index is 225. The first-order valence-corrected chi connectivity index (χ1v) is 5.74. The molecule has 0 aliphatic rings. The van der Waals surface area contributed by atoms with E-state index in [-0.39, 0.29) is 17.8 Å². The van der Waals surface area contributed by atoms with Gasteiger partial charge in [-0.25, -0.2) is 0 Å². The smallest absolute Gasteiger partial charge is 0.143 e. The van der Waals surface area contributed by atoms with Crippen LogP contribution in [0.5, 0.6) is 0 Å². The first kappa shape index (κ1) is 14.6. The van der Waals surface area contributed by atoms with Gasteiger partial charge in [0.1, 0.15) is 5.78 Å². The second-order valence-electron chi connectivity index (χ2n) is 5.82. The van der Waals surface area contributed by atoms with Gasteiger partial charge in [0.15, 0.2) is 0 Å². The monoisotopic (exact) mass is 214 g/mol. The fourth-order valence-electron chi connectivity index (χ4n) is 1.75. The molecule has 0 bridgehead atoms. The van der Waals surface area contributed by atoms with Gasteiger partial charge in [0.25, 0.3) is 0 Å². The lowest BCUT2D eigenvalue weighted by Gasteiger charge is -2.42. The van der Waals surface area contributed by atoms with Gasteiger partial charge in [-0.15, -0.1) is 0 Å². The number of carbonyl (C=O) groups is 1. The molecular weight excluding hydrogens is 188 g/mol. The zero-order valence-corrected chi connectivity index (χ0v) is 11.5. The van der Waals surface area contributed by atoms with Crippen LogP contribution in [-0.2, 0) is 9.53 Å². The summed E-state index contributed by atoms with van der Waals surface area (Å²) in [7, 11) is 0. The summed E-state index contributed by atoms with van der Waals surface area (Å²) < 4.78 is 5.85. The third-order valence-electron chi connectivity index (χ3n) is 3.18. The number of ether oxygens (including phenoxy) is 1. The Balaban J connectivity index is 4.91. The summed E-state index contributed by atoms with van der Waals surface area (Å²) in [6, 6.07) is 0. The summed E-state index contributed by atoms with van der Waals surface area (Å²) in [5.41, 5.74) is -0.881. The number of Topliss-reactive ketones (excluding diaryl/α,β-unsaturated/α-hetero) is 1. The van der Waals surface area contributed by atoms with Gasteiger partial charge in [-0.05, 0) is 27.7 Å². The van der Waals surface area contributed by atoms with Crippen LogP contribution in [0.15, 0.2) is 0 Å². The van der Waals surface area contributed by atoms with Gasteiger partial charge in [-0.3, -0.25) is 4.79 Å². The predicted molar refractivity (Wildman–Crippen MR) is 63.9 cm³/mol. The molecule has 0 atom stereocenters. The highest BCUT2D eigenvalue weighted by Gasteiger charge is 2.44. The van der Waals surface area contributed by atoms with Crippen LogP contribution in [0.25, 0.3) is 0 Å². The van der Waals surface area contributed by atoms with Gasteiger partial charge in [0.05, 0.1) is 17.1 Å². The maximum Gasteiger partial charge on any atom is 0.143 e. The van der Waals surface area contributed by atoms with Crippen LogP contribution in [0.1, 0.15) is 55.4 Å². The van der Waals surface area contributed by atoms with E-state index in [9.17, 15) is 4.79 Å². The molecule has 0 radical (unpaired) electrons. The lowest BCUT2D eigenvalue weighted by molar-refractivity contribution is -0.159. The second-order valence-corrected chi connectivity index (χ2v) is 5.82. The van der Waals surface area contributed by atoms with Crippen LogP contribution in [0.4, 0.5) is 0 Å². The molecule has 2 heteroatoms. The van der Waals surface area contributed by atoms with Gasteiger partial charge in [0, 0.05) is 5.92 Å². The number of ketones is 1. The Morgan fingerprint density at radius 1 is 1.00 bits per heavy atom. The van der Waals surface area contributed by atoms with Crippen molar-refractivity contribution in [2.45, 2.75) is 67.1 Å². The number of carbonyl (C=O) groups excluding carboxylic acids is 1. The Morgan fingerprint density at radius 3 is 1.67 bits per heavy atom. The molecule has 0 amide bonds. The van der Waals surface area contributed by atoms with E-state index in [2.05, 4.69) is 0 Å². The molecule has 0 aliphatic carbocycles. The highest BCUT2D eigenvalue weighted by atomic mass is 16.5. The van der Waals surface area contributed by atoms with Crippen molar-refractivity contribution < 1.29 is 9.53 Å². The van der Waals surface area contributed by atoms with Gasteiger partial charge in [-0.1, -0.05) is 27.7 Å². The lowest BCUT2D eigenvalue weighted by Crippen LogP contribution is -2.49. The molecular formula is C13H26O2. The normalized spacial score (nSPS) is 13.7. The zero-order valence-electron chi connectivity index (χ0n) is 11.5.